The molecule has 4 nitrogen and oxygen atoms in total. The second kappa shape index (κ2) is 4.38. The van der Waals surface area contributed by atoms with Gasteiger partial charge in [-0.2, -0.15) is 0 Å². The quantitative estimate of drug-likeness (QED) is 0.818. The first-order valence-corrected chi connectivity index (χ1v) is 6.25. The van der Waals surface area contributed by atoms with E-state index in [1.165, 1.54) is 0 Å². The molecule has 19 heavy (non-hydrogen) atoms. The van der Waals surface area contributed by atoms with Crippen molar-refractivity contribution in [3.05, 3.63) is 28.8 Å². The van der Waals surface area contributed by atoms with Crippen LogP contribution in [0.15, 0.2) is 17.7 Å². The van der Waals surface area contributed by atoms with Crippen LogP contribution in [0.5, 0.6) is 11.5 Å². The molecule has 0 saturated carbocycles. The van der Waals surface area contributed by atoms with Crippen molar-refractivity contribution in [2.24, 2.45) is 5.92 Å². The van der Waals surface area contributed by atoms with Crippen molar-refractivity contribution in [2.45, 2.75) is 6.92 Å². The maximum Gasteiger partial charge on any atom is 0.173 e. The Morgan fingerprint density at radius 2 is 1.79 bits per heavy atom. The molecule has 0 bridgehead atoms. The highest BCUT2D eigenvalue weighted by Crippen LogP contribution is 2.42. The van der Waals surface area contributed by atoms with E-state index in [4.69, 9.17) is 14.2 Å². The first-order chi connectivity index (χ1) is 9.17. The molecule has 0 amide bonds. The van der Waals surface area contributed by atoms with Gasteiger partial charge in [0.25, 0.3) is 0 Å². The minimum absolute atomic E-state index is 0.119. The van der Waals surface area contributed by atoms with Crippen molar-refractivity contribution in [1.82, 2.24) is 0 Å². The molecule has 1 fully saturated rings. The minimum atomic E-state index is -0.120. The van der Waals surface area contributed by atoms with E-state index in [1.54, 1.807) is 20.3 Å². The van der Waals surface area contributed by atoms with E-state index < -0.39 is 0 Å². The molecule has 0 unspecified atom stereocenters. The van der Waals surface area contributed by atoms with Crippen molar-refractivity contribution >= 4 is 11.4 Å². The lowest BCUT2D eigenvalue weighted by molar-refractivity contribution is 0.0907. The zero-order chi connectivity index (χ0) is 13.6. The van der Waals surface area contributed by atoms with Gasteiger partial charge < -0.3 is 14.2 Å². The topological polar surface area (TPSA) is 44.8 Å². The molecular weight excluding hydrogens is 244 g/mol. The number of carbonyl (C=O) groups is 1. The summed E-state index contributed by atoms with van der Waals surface area (Å²) in [6.07, 6.45) is 0. The molecule has 1 saturated heterocycles. The Morgan fingerprint density at radius 1 is 1.16 bits per heavy atom. The number of hydrogen-bond acceptors (Lipinski definition) is 4. The largest absolute Gasteiger partial charge is 0.493 e. The third-order valence-corrected chi connectivity index (χ3v) is 3.95. The van der Waals surface area contributed by atoms with Crippen LogP contribution in [0, 0.1) is 5.92 Å². The number of allylic oxidation sites excluding steroid dienone is 1. The number of carbonyl (C=O) groups excluding carboxylic acids is 1. The van der Waals surface area contributed by atoms with Gasteiger partial charge in [-0.05, 0) is 35.8 Å². The molecule has 1 aliphatic carbocycles. The number of benzene rings is 1. The van der Waals surface area contributed by atoms with Crippen LogP contribution in [0.3, 0.4) is 0 Å². The van der Waals surface area contributed by atoms with Crippen molar-refractivity contribution < 1.29 is 19.0 Å². The summed E-state index contributed by atoms with van der Waals surface area (Å²) < 4.78 is 16.0. The maximum absolute atomic E-state index is 12.5. The van der Waals surface area contributed by atoms with Gasteiger partial charge in [0.05, 0.1) is 33.4 Å². The molecule has 1 aliphatic heterocycles. The summed E-state index contributed by atoms with van der Waals surface area (Å²) in [7, 11) is 3.17. The van der Waals surface area contributed by atoms with E-state index in [-0.39, 0.29) is 11.7 Å². The molecular formula is C15H16O4. The number of Topliss-reactive ketones (excluding diaryl/α,β-unsaturated/α-hetero) is 1. The van der Waals surface area contributed by atoms with E-state index in [9.17, 15) is 4.79 Å². The molecule has 0 radical (unpaired) electrons. The fourth-order valence-electron chi connectivity index (χ4n) is 2.85. The third-order valence-electron chi connectivity index (χ3n) is 3.95. The molecule has 1 aromatic rings. The minimum Gasteiger partial charge on any atom is -0.493 e. The summed E-state index contributed by atoms with van der Waals surface area (Å²) in [5.41, 5.74) is 3.86. The highest BCUT2D eigenvalue weighted by Gasteiger charge is 2.37. The average Bonchev–Trinajstić information content (AvgIpc) is 2.93. The predicted octanol–water partition coefficient (Wildman–Crippen LogP) is 2.32. The van der Waals surface area contributed by atoms with E-state index in [1.807, 2.05) is 13.0 Å². The Morgan fingerprint density at radius 3 is 2.42 bits per heavy atom. The Kier molecular flexibility index (Phi) is 2.82. The summed E-state index contributed by atoms with van der Waals surface area (Å²) in [4.78, 5) is 12.5. The molecule has 0 spiro atoms. The molecule has 1 heterocycles. The number of ketones is 1. The smallest absolute Gasteiger partial charge is 0.173 e. The Labute approximate surface area is 112 Å². The molecule has 3 rings (SSSR count). The fourth-order valence-corrected chi connectivity index (χ4v) is 2.85. The molecule has 2 aliphatic rings. The zero-order valence-electron chi connectivity index (χ0n) is 11.3. The SMILES string of the molecule is COc1cc2c(cc1OC)C(C)=C1COC[C@H]1C2=O. The number of ether oxygens (including phenoxy) is 3. The normalized spacial score (nSPS) is 21.2. The lowest BCUT2D eigenvalue weighted by Gasteiger charge is -2.23. The summed E-state index contributed by atoms with van der Waals surface area (Å²) in [6.45, 7) is 3.07. The van der Waals surface area contributed by atoms with Gasteiger partial charge in [-0.15, -0.1) is 0 Å². The van der Waals surface area contributed by atoms with E-state index in [0.717, 1.165) is 16.7 Å². The van der Waals surface area contributed by atoms with Crippen LogP contribution in [-0.2, 0) is 4.74 Å². The monoisotopic (exact) mass is 260 g/mol. The van der Waals surface area contributed by atoms with Gasteiger partial charge in [0.2, 0.25) is 0 Å². The molecule has 0 N–H and O–H groups in total. The van der Waals surface area contributed by atoms with Gasteiger partial charge in [-0.1, -0.05) is 0 Å². The van der Waals surface area contributed by atoms with Gasteiger partial charge in [0, 0.05) is 5.56 Å². The number of methoxy groups -OCH3 is 2. The van der Waals surface area contributed by atoms with Gasteiger partial charge in [0.15, 0.2) is 17.3 Å². The van der Waals surface area contributed by atoms with E-state index in [0.29, 0.717) is 30.3 Å². The summed E-state index contributed by atoms with van der Waals surface area (Å²) in [6, 6.07) is 3.65. The molecule has 1 atom stereocenters. The highest BCUT2D eigenvalue weighted by molar-refractivity contribution is 6.08. The van der Waals surface area contributed by atoms with Crippen LogP contribution in [0.1, 0.15) is 22.8 Å². The molecule has 1 aromatic carbocycles. The lowest BCUT2D eigenvalue weighted by Crippen LogP contribution is -2.23. The zero-order valence-corrected chi connectivity index (χ0v) is 11.3. The third kappa shape index (κ3) is 1.67. The van der Waals surface area contributed by atoms with Crippen LogP contribution in [-0.4, -0.2) is 33.2 Å². The first kappa shape index (κ1) is 12.2. The molecule has 4 heteroatoms. The average molecular weight is 260 g/mol. The summed E-state index contributed by atoms with van der Waals surface area (Å²) in [5.74, 6) is 1.23. The van der Waals surface area contributed by atoms with Crippen LogP contribution < -0.4 is 9.47 Å². The van der Waals surface area contributed by atoms with E-state index >= 15 is 0 Å². The number of fused-ring (bicyclic) bond motifs is 2. The summed E-state index contributed by atoms with van der Waals surface area (Å²) in [5, 5.41) is 0. The standard InChI is InChI=1S/C15H16O4/c1-8-9-4-13(17-2)14(18-3)5-10(9)15(16)12-7-19-6-11(8)12/h4-5,12H,6-7H2,1-3H3/t12-/m1/s1. The van der Waals surface area contributed by atoms with Crippen LogP contribution in [0.25, 0.3) is 5.57 Å². The fraction of sp³-hybridized carbons (Fsp3) is 0.400. The van der Waals surface area contributed by atoms with Crippen molar-refractivity contribution in [3.8, 4) is 11.5 Å². The van der Waals surface area contributed by atoms with Gasteiger partial charge >= 0.3 is 0 Å². The van der Waals surface area contributed by atoms with Gasteiger partial charge in [-0.3, -0.25) is 4.79 Å². The van der Waals surface area contributed by atoms with Gasteiger partial charge in [0.1, 0.15) is 0 Å². The second-order valence-electron chi connectivity index (χ2n) is 4.83. The van der Waals surface area contributed by atoms with Crippen LogP contribution in [0.4, 0.5) is 0 Å². The van der Waals surface area contributed by atoms with E-state index in [2.05, 4.69) is 0 Å². The van der Waals surface area contributed by atoms with Crippen molar-refractivity contribution in [1.29, 1.82) is 0 Å². The number of hydrogen-bond donors (Lipinski definition) is 0. The molecule has 0 aromatic heterocycles. The first-order valence-electron chi connectivity index (χ1n) is 6.25. The Bertz CT molecular complexity index is 586. The second-order valence-corrected chi connectivity index (χ2v) is 4.83. The summed E-state index contributed by atoms with van der Waals surface area (Å²) >= 11 is 0. The Balaban J connectivity index is 2.23. The van der Waals surface area contributed by atoms with Crippen molar-refractivity contribution in [3.63, 3.8) is 0 Å². The van der Waals surface area contributed by atoms with Crippen molar-refractivity contribution in [2.75, 3.05) is 27.4 Å². The lowest BCUT2D eigenvalue weighted by atomic mass is 9.79. The predicted molar refractivity (Wildman–Crippen MR) is 70.8 cm³/mol. The highest BCUT2D eigenvalue weighted by atomic mass is 16.5. The van der Waals surface area contributed by atoms with Crippen LogP contribution in [0.2, 0.25) is 0 Å². The van der Waals surface area contributed by atoms with Gasteiger partial charge in [-0.25, -0.2) is 0 Å². The van der Waals surface area contributed by atoms with Crippen LogP contribution >= 0.6 is 0 Å². The molecule has 100 valence electrons. The maximum atomic E-state index is 12.5. The number of rotatable bonds is 2. The Hall–Kier alpha value is -1.81.